The lowest BCUT2D eigenvalue weighted by Gasteiger charge is -2.33. The van der Waals surface area contributed by atoms with Crippen LogP contribution in [-0.2, 0) is 9.59 Å². The maximum Gasteiger partial charge on any atom is 0.414 e. The van der Waals surface area contributed by atoms with Gasteiger partial charge in [-0.15, -0.1) is 0 Å². The first-order valence-electron chi connectivity index (χ1n) is 3.96. The number of rotatable bonds is 0. The van der Waals surface area contributed by atoms with Crippen LogP contribution in [0, 0.1) is 0 Å². The Labute approximate surface area is 99.3 Å². The molecule has 0 amide bonds. The zero-order chi connectivity index (χ0) is 12.1. The summed E-state index contributed by atoms with van der Waals surface area (Å²) in [4.78, 5) is 18.2. The van der Waals surface area contributed by atoms with Crippen molar-refractivity contribution in [3.63, 3.8) is 0 Å². The lowest BCUT2D eigenvalue weighted by molar-refractivity contribution is -0.159. The summed E-state index contributed by atoms with van der Waals surface area (Å²) in [5, 5.41) is 14.8. The molecule has 0 aliphatic carbocycles. The SMILES string of the molecule is CC1(C)SSSCC1N.O=C(O)C(=O)O. The molecule has 1 heterocycles. The predicted octanol–water partition coefficient (Wildman–Crippen LogP) is 1.29. The first kappa shape index (κ1) is 14.9. The van der Waals surface area contributed by atoms with Crippen LogP contribution in [0.5, 0.6) is 0 Å². The van der Waals surface area contributed by atoms with E-state index >= 15 is 0 Å². The minimum absolute atomic E-state index is 0.274. The monoisotopic (exact) mass is 271 g/mol. The van der Waals surface area contributed by atoms with E-state index in [2.05, 4.69) is 13.8 Å². The highest BCUT2D eigenvalue weighted by Gasteiger charge is 2.31. The van der Waals surface area contributed by atoms with Gasteiger partial charge in [0.15, 0.2) is 0 Å². The molecule has 0 bridgehead atoms. The third kappa shape index (κ3) is 6.18. The van der Waals surface area contributed by atoms with Crippen LogP contribution in [0.25, 0.3) is 0 Å². The molecule has 0 aromatic carbocycles. The van der Waals surface area contributed by atoms with Gasteiger partial charge in [-0.1, -0.05) is 21.6 Å². The molecule has 1 aliphatic rings. The Morgan fingerprint density at radius 3 is 2.00 bits per heavy atom. The minimum Gasteiger partial charge on any atom is -0.473 e. The summed E-state index contributed by atoms with van der Waals surface area (Å²) < 4.78 is 0.274. The molecule has 0 aromatic rings. The van der Waals surface area contributed by atoms with Crippen LogP contribution in [0.4, 0.5) is 0 Å². The van der Waals surface area contributed by atoms with Crippen molar-refractivity contribution < 1.29 is 19.8 Å². The van der Waals surface area contributed by atoms with Crippen molar-refractivity contribution in [2.45, 2.75) is 24.6 Å². The van der Waals surface area contributed by atoms with Gasteiger partial charge < -0.3 is 15.9 Å². The van der Waals surface area contributed by atoms with Crippen LogP contribution in [0.2, 0.25) is 0 Å². The molecule has 15 heavy (non-hydrogen) atoms. The van der Waals surface area contributed by atoms with Crippen molar-refractivity contribution in [1.29, 1.82) is 0 Å². The molecule has 0 aromatic heterocycles. The zero-order valence-corrected chi connectivity index (χ0v) is 10.7. The number of carbonyl (C=O) groups is 2. The van der Waals surface area contributed by atoms with E-state index in [0.717, 1.165) is 5.75 Å². The number of carboxylic acid groups (broad SMARTS) is 2. The van der Waals surface area contributed by atoms with Gasteiger partial charge in [0.2, 0.25) is 0 Å². The summed E-state index contributed by atoms with van der Waals surface area (Å²) in [6.07, 6.45) is 0. The number of hydrogen-bond acceptors (Lipinski definition) is 6. The average molecular weight is 271 g/mol. The van der Waals surface area contributed by atoms with Gasteiger partial charge in [0.1, 0.15) is 0 Å². The zero-order valence-electron chi connectivity index (χ0n) is 8.30. The number of aliphatic carboxylic acids is 2. The van der Waals surface area contributed by atoms with Gasteiger partial charge in [-0.25, -0.2) is 9.59 Å². The fourth-order valence-electron chi connectivity index (χ4n) is 0.475. The van der Waals surface area contributed by atoms with E-state index in [9.17, 15) is 0 Å². The Kier molecular flexibility index (Phi) is 6.49. The molecule has 1 aliphatic heterocycles. The normalized spacial score (nSPS) is 23.5. The Hall–Kier alpha value is -0.0500. The molecule has 5 nitrogen and oxygen atoms in total. The smallest absolute Gasteiger partial charge is 0.414 e. The molecule has 0 radical (unpaired) electrons. The Morgan fingerprint density at radius 1 is 1.33 bits per heavy atom. The standard InChI is InChI=1S/C5H11NS3.C2H2O4/c1-5(2)4(6)3-7-9-8-5;3-1(4)2(5)6/h4H,3,6H2,1-2H3;(H,3,4)(H,5,6). The summed E-state index contributed by atoms with van der Waals surface area (Å²) in [6.45, 7) is 4.41. The Bertz CT molecular complexity index is 234. The van der Waals surface area contributed by atoms with Crippen molar-refractivity contribution in [1.82, 2.24) is 0 Å². The quantitative estimate of drug-likeness (QED) is 0.447. The summed E-state index contributed by atoms with van der Waals surface area (Å²) in [7, 11) is 5.60. The first-order chi connectivity index (χ1) is 6.77. The van der Waals surface area contributed by atoms with Gasteiger partial charge in [0.25, 0.3) is 0 Å². The summed E-state index contributed by atoms with van der Waals surface area (Å²) in [6, 6.07) is 0.355. The minimum atomic E-state index is -1.82. The van der Waals surface area contributed by atoms with E-state index in [1.54, 1.807) is 0 Å². The lowest BCUT2D eigenvalue weighted by Crippen LogP contribution is -2.43. The maximum absolute atomic E-state index is 9.10. The fraction of sp³-hybridized carbons (Fsp3) is 0.714. The summed E-state index contributed by atoms with van der Waals surface area (Å²) in [5.41, 5.74) is 5.86. The molecule has 4 N–H and O–H groups in total. The molecule has 88 valence electrons. The van der Waals surface area contributed by atoms with Crippen LogP contribution in [0.1, 0.15) is 13.8 Å². The van der Waals surface area contributed by atoms with E-state index in [0.29, 0.717) is 6.04 Å². The van der Waals surface area contributed by atoms with Crippen LogP contribution in [0.3, 0.4) is 0 Å². The first-order valence-corrected chi connectivity index (χ1v) is 7.61. The second-order valence-corrected chi connectivity index (χ2v) is 8.02. The number of nitrogens with two attached hydrogens (primary N) is 1. The number of hydrogen-bond donors (Lipinski definition) is 3. The second kappa shape index (κ2) is 6.51. The van der Waals surface area contributed by atoms with E-state index in [4.69, 9.17) is 25.5 Å². The molecule has 0 saturated carbocycles. The summed E-state index contributed by atoms with van der Waals surface area (Å²) >= 11 is 0. The lowest BCUT2D eigenvalue weighted by atomic mass is 10.1. The summed E-state index contributed by atoms with van der Waals surface area (Å²) in [5.74, 6) is -2.56. The average Bonchev–Trinajstić information content (AvgIpc) is 2.11. The van der Waals surface area contributed by atoms with Crippen molar-refractivity contribution in [2.24, 2.45) is 5.73 Å². The third-order valence-electron chi connectivity index (χ3n) is 1.62. The molecule has 1 saturated heterocycles. The van der Waals surface area contributed by atoms with Gasteiger partial charge in [0, 0.05) is 16.5 Å². The highest BCUT2D eigenvalue weighted by molar-refractivity contribution is 9.09. The number of carboxylic acids is 2. The van der Waals surface area contributed by atoms with Gasteiger partial charge in [-0.05, 0) is 23.7 Å². The van der Waals surface area contributed by atoms with Gasteiger partial charge >= 0.3 is 11.9 Å². The molecule has 8 heteroatoms. The highest BCUT2D eigenvalue weighted by Crippen LogP contribution is 2.49. The Balaban J connectivity index is 0.000000288. The van der Waals surface area contributed by atoms with Crippen molar-refractivity contribution >= 4 is 43.4 Å². The van der Waals surface area contributed by atoms with Gasteiger partial charge in [-0.2, -0.15) is 0 Å². The van der Waals surface area contributed by atoms with E-state index < -0.39 is 11.9 Å². The van der Waals surface area contributed by atoms with Crippen molar-refractivity contribution in [3.05, 3.63) is 0 Å². The molecular weight excluding hydrogens is 258 g/mol. The van der Waals surface area contributed by atoms with Crippen LogP contribution < -0.4 is 5.73 Å². The van der Waals surface area contributed by atoms with E-state index in [1.807, 2.05) is 31.4 Å². The third-order valence-corrected chi connectivity index (χ3v) is 6.68. The second-order valence-electron chi connectivity index (χ2n) is 3.26. The van der Waals surface area contributed by atoms with Crippen molar-refractivity contribution in [2.75, 3.05) is 5.75 Å². The van der Waals surface area contributed by atoms with Crippen LogP contribution >= 0.6 is 31.4 Å². The maximum atomic E-state index is 9.10. The Morgan fingerprint density at radius 2 is 1.80 bits per heavy atom. The van der Waals surface area contributed by atoms with Gasteiger partial charge in [0.05, 0.1) is 0 Å². The molecular formula is C7H13NO4S3. The fourth-order valence-corrected chi connectivity index (χ4v) is 5.79. The highest BCUT2D eigenvalue weighted by atomic mass is 33.5. The van der Waals surface area contributed by atoms with Crippen LogP contribution in [-0.4, -0.2) is 38.7 Å². The molecule has 1 atom stereocenters. The van der Waals surface area contributed by atoms with Crippen molar-refractivity contribution in [3.8, 4) is 0 Å². The van der Waals surface area contributed by atoms with E-state index in [-0.39, 0.29) is 4.75 Å². The van der Waals surface area contributed by atoms with Gasteiger partial charge in [-0.3, -0.25) is 0 Å². The topological polar surface area (TPSA) is 101 Å². The molecule has 1 fully saturated rings. The molecule has 1 unspecified atom stereocenters. The predicted molar refractivity (Wildman–Crippen MR) is 65.0 cm³/mol. The molecule has 1 rings (SSSR count). The van der Waals surface area contributed by atoms with E-state index in [1.165, 1.54) is 0 Å². The van der Waals surface area contributed by atoms with Crippen LogP contribution in [0.15, 0.2) is 0 Å². The molecule has 0 spiro atoms. The largest absolute Gasteiger partial charge is 0.473 e.